The summed E-state index contributed by atoms with van der Waals surface area (Å²) in [4.78, 5) is -0.111. The fraction of sp³-hybridized carbons (Fsp3) is 0. The monoisotopic (exact) mass is 226 g/mol. The summed E-state index contributed by atoms with van der Waals surface area (Å²) in [7, 11) is -4.12. The van der Waals surface area contributed by atoms with Crippen molar-refractivity contribution in [3.05, 3.63) is 36.4 Å². The van der Waals surface area contributed by atoms with Gasteiger partial charge in [-0.15, -0.1) is 0 Å². The number of hydrogen-bond donors (Lipinski definition) is 1. The minimum absolute atomic E-state index is 0. The Kier molecular flexibility index (Phi) is 5.17. The van der Waals surface area contributed by atoms with Crippen LogP contribution in [-0.4, -0.2) is 50.7 Å². The van der Waals surface area contributed by atoms with Gasteiger partial charge in [-0.2, -0.15) is 8.42 Å². The molecule has 0 unspecified atom stereocenters. The van der Waals surface area contributed by atoms with Gasteiger partial charge in [0.05, 0.1) is 0 Å². The topological polar surface area (TPSA) is 54.4 Å². The molecule has 0 aliphatic heterocycles. The molecule has 0 amide bonds. The van der Waals surface area contributed by atoms with Crippen molar-refractivity contribution in [3.8, 4) is 0 Å². The second-order valence-corrected chi connectivity index (χ2v) is 3.61. The first-order valence-corrected chi connectivity index (χ1v) is 4.68. The van der Waals surface area contributed by atoms with Crippen molar-refractivity contribution in [2.45, 2.75) is 4.90 Å². The first kappa shape index (κ1) is 13.1. The molecule has 0 heterocycles. The molecule has 0 aromatic heterocycles. The molecule has 13 heavy (non-hydrogen) atoms. The Labute approximate surface area is 110 Å². The van der Waals surface area contributed by atoms with E-state index in [2.05, 4.69) is 6.58 Å². The van der Waals surface area contributed by atoms with Crippen LogP contribution in [0.25, 0.3) is 6.08 Å². The molecule has 0 saturated heterocycles. The molecule has 1 N–H and O–H groups in total. The van der Waals surface area contributed by atoms with Crippen LogP contribution in [0.5, 0.6) is 0 Å². The third kappa shape index (κ3) is 3.40. The fourth-order valence-corrected chi connectivity index (χ4v) is 1.58. The summed E-state index contributed by atoms with van der Waals surface area (Å²) in [5, 5.41) is 0. The van der Waals surface area contributed by atoms with E-state index in [-0.39, 0.29) is 45.5 Å². The average Bonchev–Trinajstić information content (AvgIpc) is 2.03. The van der Waals surface area contributed by atoms with E-state index in [1.54, 1.807) is 12.1 Å². The van der Waals surface area contributed by atoms with Gasteiger partial charge >= 0.3 is 37.7 Å². The van der Waals surface area contributed by atoms with Crippen LogP contribution in [0, 0.1) is 0 Å². The summed E-state index contributed by atoms with van der Waals surface area (Å²) < 4.78 is 30.2. The summed E-state index contributed by atoms with van der Waals surface area (Å²) in [6.07, 6.45) is 1.38. The van der Waals surface area contributed by atoms with Crippen LogP contribution >= 0.6 is 0 Å². The number of rotatable bonds is 2. The Morgan fingerprint density at radius 2 is 1.92 bits per heavy atom. The second kappa shape index (κ2) is 5.12. The van der Waals surface area contributed by atoms with Crippen LogP contribution in [0.15, 0.2) is 35.7 Å². The summed E-state index contributed by atoms with van der Waals surface area (Å²) in [6, 6.07) is 6.10. The predicted molar refractivity (Wildman–Crippen MR) is 54.3 cm³/mol. The molecule has 1 rings (SSSR count). The second-order valence-electron chi connectivity index (χ2n) is 2.22. The van der Waals surface area contributed by atoms with Gasteiger partial charge in [0.15, 0.2) is 0 Å². The first-order chi connectivity index (χ1) is 5.55. The van der Waals surface area contributed by atoms with Crippen LogP contribution in [0.4, 0.5) is 0 Å². The van der Waals surface area contributed by atoms with Crippen molar-refractivity contribution >= 4 is 53.9 Å². The van der Waals surface area contributed by atoms with Gasteiger partial charge in [0.25, 0.3) is 10.1 Å². The zero-order valence-corrected chi connectivity index (χ0v) is 10.00. The Bertz CT molecular complexity index is 406. The van der Waals surface area contributed by atoms with Crippen LogP contribution in [0.1, 0.15) is 8.42 Å². The van der Waals surface area contributed by atoms with Gasteiger partial charge in [-0.3, -0.25) is 4.55 Å². The van der Waals surface area contributed by atoms with Gasteiger partial charge in [-0.05, 0) is 11.6 Å². The molecule has 0 spiro atoms. The Balaban J connectivity index is -0.000000480. The Morgan fingerprint density at radius 3 is 2.31 bits per heavy atom. The molecule has 0 radical (unpaired) electrons. The molecule has 0 fully saturated rings. The van der Waals surface area contributed by atoms with E-state index in [0.29, 0.717) is 5.56 Å². The largest absolute Gasteiger partial charge is 2.00 e. The van der Waals surface area contributed by atoms with Crippen LogP contribution in [-0.2, 0) is 10.1 Å². The van der Waals surface area contributed by atoms with E-state index in [9.17, 15) is 8.42 Å². The third-order valence-electron chi connectivity index (χ3n) is 1.42. The normalized spacial score (nSPS) is 10.2. The molecule has 0 aliphatic rings. The minimum atomic E-state index is -4.12. The maximum Gasteiger partial charge on any atom is 2.00 e. The molecule has 0 bridgehead atoms. The molecular formula is C8H10CaO3S. The van der Waals surface area contributed by atoms with Gasteiger partial charge in [0.2, 0.25) is 0 Å². The van der Waals surface area contributed by atoms with E-state index < -0.39 is 10.1 Å². The fourth-order valence-electron chi connectivity index (χ4n) is 0.884. The van der Waals surface area contributed by atoms with Crippen LogP contribution in [0.3, 0.4) is 0 Å². The van der Waals surface area contributed by atoms with Crippen molar-refractivity contribution in [1.82, 2.24) is 0 Å². The van der Waals surface area contributed by atoms with E-state index in [4.69, 9.17) is 4.55 Å². The van der Waals surface area contributed by atoms with Crippen molar-refractivity contribution in [2.24, 2.45) is 0 Å². The molecule has 0 saturated carbocycles. The van der Waals surface area contributed by atoms with Crippen molar-refractivity contribution < 1.29 is 15.8 Å². The molecule has 1 aromatic carbocycles. The summed E-state index contributed by atoms with van der Waals surface area (Å²) in [5.74, 6) is 0. The standard InChI is InChI=1S/C8H8O3S.Ca.2H/c1-2-7-5-3-4-6-8(7)12(9,10)11;;;/h2-6H,1H2,(H,9,10,11);;;/q;+2;2*-1. The van der Waals surface area contributed by atoms with Crippen LogP contribution in [0.2, 0.25) is 0 Å². The van der Waals surface area contributed by atoms with Crippen LogP contribution < -0.4 is 0 Å². The molecule has 68 valence electrons. The van der Waals surface area contributed by atoms with Gasteiger partial charge in [-0.25, -0.2) is 0 Å². The molecule has 0 atom stereocenters. The predicted octanol–water partition coefficient (Wildman–Crippen LogP) is 1.42. The van der Waals surface area contributed by atoms with Crippen molar-refractivity contribution in [1.29, 1.82) is 0 Å². The van der Waals surface area contributed by atoms with E-state index in [0.717, 1.165) is 0 Å². The Hall–Kier alpha value is 0.130. The molecular weight excluding hydrogens is 216 g/mol. The van der Waals surface area contributed by atoms with E-state index in [1.807, 2.05) is 0 Å². The first-order valence-electron chi connectivity index (χ1n) is 3.24. The Morgan fingerprint density at radius 1 is 1.38 bits per heavy atom. The third-order valence-corrected chi connectivity index (χ3v) is 2.34. The molecule has 5 heteroatoms. The maximum absolute atomic E-state index is 10.7. The molecule has 3 nitrogen and oxygen atoms in total. The van der Waals surface area contributed by atoms with Gasteiger partial charge in [0.1, 0.15) is 4.90 Å². The summed E-state index contributed by atoms with van der Waals surface area (Å²) in [5.41, 5.74) is 0.403. The quantitative estimate of drug-likeness (QED) is 0.613. The van der Waals surface area contributed by atoms with Gasteiger partial charge < -0.3 is 2.85 Å². The maximum atomic E-state index is 10.7. The summed E-state index contributed by atoms with van der Waals surface area (Å²) >= 11 is 0. The summed E-state index contributed by atoms with van der Waals surface area (Å²) in [6.45, 7) is 3.43. The number of benzene rings is 1. The van der Waals surface area contributed by atoms with E-state index in [1.165, 1.54) is 18.2 Å². The van der Waals surface area contributed by atoms with Crippen molar-refractivity contribution in [3.63, 3.8) is 0 Å². The zero-order valence-electron chi connectivity index (χ0n) is 8.97. The SMILES string of the molecule is C=Cc1ccccc1S(=O)(=O)O.[Ca+2].[H-].[H-]. The van der Waals surface area contributed by atoms with Gasteiger partial charge in [-0.1, -0.05) is 30.9 Å². The minimum Gasteiger partial charge on any atom is -1.00 e. The average molecular weight is 226 g/mol. The zero-order chi connectivity index (χ0) is 9.19. The smallest absolute Gasteiger partial charge is 1.00 e. The van der Waals surface area contributed by atoms with Crippen molar-refractivity contribution in [2.75, 3.05) is 0 Å². The molecule has 1 aromatic rings. The number of hydrogen-bond acceptors (Lipinski definition) is 2. The van der Waals surface area contributed by atoms with Gasteiger partial charge in [0, 0.05) is 0 Å². The molecule has 0 aliphatic carbocycles. The van der Waals surface area contributed by atoms with E-state index >= 15 is 0 Å².